The van der Waals surface area contributed by atoms with E-state index in [9.17, 15) is 4.79 Å². The number of rotatable bonds is 7. The number of aryl methyl sites for hydroxylation is 2. The van der Waals surface area contributed by atoms with E-state index in [1.165, 1.54) is 0 Å². The molecule has 0 spiro atoms. The Labute approximate surface area is 170 Å². The first-order valence-electron chi connectivity index (χ1n) is 9.36. The fourth-order valence-electron chi connectivity index (χ4n) is 3.03. The van der Waals surface area contributed by atoms with E-state index in [0.717, 1.165) is 28.9 Å². The fraction of sp³-hybridized carbons (Fsp3) is 0.217. The van der Waals surface area contributed by atoms with Gasteiger partial charge in [-0.3, -0.25) is 9.48 Å². The Morgan fingerprint density at radius 2 is 1.71 bits per heavy atom. The molecule has 144 valence electrons. The largest absolute Gasteiger partial charge is 0.352 e. The lowest BCUT2D eigenvalue weighted by Crippen LogP contribution is -2.26. The zero-order chi connectivity index (χ0) is 19.9. The molecule has 0 unspecified atom stereocenters. The van der Waals surface area contributed by atoms with Crippen molar-refractivity contribution in [3.05, 3.63) is 88.2 Å². The number of benzene rings is 2. The molecule has 0 radical (unpaired) electrons. The van der Waals surface area contributed by atoms with Crippen molar-refractivity contribution in [2.45, 2.75) is 26.8 Å². The molecule has 0 aliphatic carbocycles. The molecule has 28 heavy (non-hydrogen) atoms. The second-order valence-corrected chi connectivity index (χ2v) is 7.03. The molecular formula is C23H24ClN3O. The molecule has 0 atom stereocenters. The Bertz CT molecular complexity index is 962. The maximum absolute atomic E-state index is 12.9. The maximum Gasteiger partial charge on any atom is 0.251 e. The van der Waals surface area contributed by atoms with Crippen molar-refractivity contribution in [2.75, 3.05) is 6.54 Å². The third kappa shape index (κ3) is 4.90. The van der Waals surface area contributed by atoms with Gasteiger partial charge in [0.2, 0.25) is 0 Å². The number of nitrogens with one attached hydrogen (secondary N) is 1. The van der Waals surface area contributed by atoms with Crippen molar-refractivity contribution in [3.63, 3.8) is 0 Å². The average Bonchev–Trinajstić information content (AvgIpc) is 2.97. The predicted molar refractivity (Wildman–Crippen MR) is 115 cm³/mol. The Morgan fingerprint density at radius 3 is 2.32 bits per heavy atom. The lowest BCUT2D eigenvalue weighted by Gasteiger charge is -2.10. The molecule has 3 rings (SSSR count). The molecular weight excluding hydrogens is 370 g/mol. The maximum atomic E-state index is 12.9. The molecule has 5 heteroatoms. The Hall–Kier alpha value is -2.85. The van der Waals surface area contributed by atoms with E-state index in [0.29, 0.717) is 23.7 Å². The first-order chi connectivity index (χ1) is 13.6. The van der Waals surface area contributed by atoms with Crippen LogP contribution < -0.4 is 5.32 Å². The lowest BCUT2D eigenvalue weighted by molar-refractivity contribution is -0.115. The number of aromatic nitrogens is 2. The molecule has 1 amide bonds. The summed E-state index contributed by atoms with van der Waals surface area (Å²) >= 11 is 6.19. The van der Waals surface area contributed by atoms with Gasteiger partial charge in [-0.05, 0) is 37.5 Å². The van der Waals surface area contributed by atoms with Gasteiger partial charge < -0.3 is 5.32 Å². The van der Waals surface area contributed by atoms with Gasteiger partial charge in [0.25, 0.3) is 5.91 Å². The summed E-state index contributed by atoms with van der Waals surface area (Å²) in [5, 5.41) is 8.17. The minimum atomic E-state index is -0.0820. The zero-order valence-corrected chi connectivity index (χ0v) is 16.9. The molecule has 1 aromatic heterocycles. The van der Waals surface area contributed by atoms with Crippen LogP contribution in [0.1, 0.15) is 28.9 Å². The fourth-order valence-corrected chi connectivity index (χ4v) is 3.17. The number of carbonyl (C=O) groups excluding carboxylic acids is 1. The van der Waals surface area contributed by atoms with Crippen LogP contribution in [0.15, 0.2) is 60.7 Å². The van der Waals surface area contributed by atoms with Crippen LogP contribution in [0.3, 0.4) is 0 Å². The minimum Gasteiger partial charge on any atom is -0.352 e. The van der Waals surface area contributed by atoms with E-state index in [-0.39, 0.29) is 5.91 Å². The van der Waals surface area contributed by atoms with Crippen LogP contribution in [0, 0.1) is 13.8 Å². The first kappa shape index (κ1) is 19.9. The summed E-state index contributed by atoms with van der Waals surface area (Å²) in [7, 11) is 0. The highest BCUT2D eigenvalue weighted by Gasteiger charge is 2.12. The van der Waals surface area contributed by atoms with Gasteiger partial charge in [0, 0.05) is 18.7 Å². The Balaban J connectivity index is 1.66. The van der Waals surface area contributed by atoms with Gasteiger partial charge in [-0.1, -0.05) is 72.3 Å². The predicted octanol–water partition coefficient (Wildman–Crippen LogP) is 4.90. The average molecular weight is 394 g/mol. The van der Waals surface area contributed by atoms with E-state index in [1.54, 1.807) is 0 Å². The Kier molecular flexibility index (Phi) is 6.66. The SMILES string of the molecule is Cc1nn(CCCNC(=O)/C(=C\c2ccccc2)c2ccccc2)c(C)c1Cl. The van der Waals surface area contributed by atoms with Crippen LogP contribution in [0.5, 0.6) is 0 Å². The van der Waals surface area contributed by atoms with E-state index in [1.807, 2.05) is 85.3 Å². The van der Waals surface area contributed by atoms with Crippen LogP contribution in [0.2, 0.25) is 5.02 Å². The van der Waals surface area contributed by atoms with E-state index < -0.39 is 0 Å². The van der Waals surface area contributed by atoms with Crippen LogP contribution in [0.4, 0.5) is 0 Å². The quantitative estimate of drug-likeness (QED) is 0.352. The molecule has 0 aliphatic rings. The number of halogens is 1. The summed E-state index contributed by atoms with van der Waals surface area (Å²) in [6, 6.07) is 19.6. The highest BCUT2D eigenvalue weighted by atomic mass is 35.5. The van der Waals surface area contributed by atoms with Gasteiger partial charge in [0.1, 0.15) is 0 Å². The molecule has 3 aromatic rings. The smallest absolute Gasteiger partial charge is 0.251 e. The van der Waals surface area contributed by atoms with Crippen LogP contribution in [-0.4, -0.2) is 22.2 Å². The third-order valence-corrected chi connectivity index (χ3v) is 5.11. The zero-order valence-electron chi connectivity index (χ0n) is 16.2. The molecule has 0 saturated carbocycles. The third-order valence-electron chi connectivity index (χ3n) is 4.57. The molecule has 0 aliphatic heterocycles. The van der Waals surface area contributed by atoms with Crippen LogP contribution in [-0.2, 0) is 11.3 Å². The van der Waals surface area contributed by atoms with Crippen molar-refractivity contribution in [3.8, 4) is 0 Å². The molecule has 2 aromatic carbocycles. The topological polar surface area (TPSA) is 46.9 Å². The van der Waals surface area contributed by atoms with Crippen molar-refractivity contribution < 1.29 is 4.79 Å². The summed E-state index contributed by atoms with van der Waals surface area (Å²) in [6.07, 6.45) is 2.70. The van der Waals surface area contributed by atoms with E-state index in [4.69, 9.17) is 11.6 Å². The summed E-state index contributed by atoms with van der Waals surface area (Å²) < 4.78 is 1.89. The molecule has 0 bridgehead atoms. The minimum absolute atomic E-state index is 0.0820. The molecule has 0 fully saturated rings. The monoisotopic (exact) mass is 393 g/mol. The molecule has 1 heterocycles. The molecule has 0 saturated heterocycles. The van der Waals surface area contributed by atoms with Gasteiger partial charge >= 0.3 is 0 Å². The van der Waals surface area contributed by atoms with Crippen molar-refractivity contribution in [2.24, 2.45) is 0 Å². The van der Waals surface area contributed by atoms with Gasteiger partial charge in [-0.15, -0.1) is 0 Å². The standard InChI is InChI=1S/C23H24ClN3O/c1-17-22(24)18(2)27(26-17)15-9-14-25-23(28)21(20-12-7-4-8-13-20)16-19-10-5-3-6-11-19/h3-8,10-13,16H,9,14-15H2,1-2H3,(H,25,28)/b21-16-. The van der Waals surface area contributed by atoms with Crippen LogP contribution in [0.25, 0.3) is 11.6 Å². The number of hydrogen-bond acceptors (Lipinski definition) is 2. The molecule has 4 nitrogen and oxygen atoms in total. The number of amides is 1. The van der Waals surface area contributed by atoms with Gasteiger partial charge in [-0.2, -0.15) is 5.10 Å². The second kappa shape index (κ2) is 9.38. The number of nitrogens with zero attached hydrogens (tertiary/aromatic N) is 2. The summed E-state index contributed by atoms with van der Waals surface area (Å²) in [6.45, 7) is 5.13. The Morgan fingerprint density at radius 1 is 1.07 bits per heavy atom. The van der Waals surface area contributed by atoms with Gasteiger partial charge in [0.05, 0.1) is 16.4 Å². The summed E-state index contributed by atoms with van der Waals surface area (Å²) in [5.74, 6) is -0.0820. The van der Waals surface area contributed by atoms with Gasteiger partial charge in [-0.25, -0.2) is 0 Å². The lowest BCUT2D eigenvalue weighted by atomic mass is 10.0. The summed E-state index contributed by atoms with van der Waals surface area (Å²) in [4.78, 5) is 12.9. The van der Waals surface area contributed by atoms with E-state index in [2.05, 4.69) is 10.4 Å². The number of hydrogen-bond donors (Lipinski definition) is 1. The highest BCUT2D eigenvalue weighted by Crippen LogP contribution is 2.20. The second-order valence-electron chi connectivity index (χ2n) is 6.65. The van der Waals surface area contributed by atoms with Crippen molar-refractivity contribution >= 4 is 29.2 Å². The van der Waals surface area contributed by atoms with E-state index >= 15 is 0 Å². The van der Waals surface area contributed by atoms with Crippen molar-refractivity contribution in [1.29, 1.82) is 0 Å². The van der Waals surface area contributed by atoms with Crippen LogP contribution >= 0.6 is 11.6 Å². The first-order valence-corrected chi connectivity index (χ1v) is 9.74. The highest BCUT2D eigenvalue weighted by molar-refractivity contribution is 6.31. The number of carbonyl (C=O) groups is 1. The van der Waals surface area contributed by atoms with Gasteiger partial charge in [0.15, 0.2) is 0 Å². The summed E-state index contributed by atoms with van der Waals surface area (Å²) in [5.41, 5.74) is 4.34. The normalized spacial score (nSPS) is 11.5. The molecule has 1 N–H and O–H groups in total. The van der Waals surface area contributed by atoms with Crippen molar-refractivity contribution in [1.82, 2.24) is 15.1 Å².